The van der Waals surface area contributed by atoms with E-state index in [4.69, 9.17) is 16.3 Å². The third-order valence-corrected chi connectivity index (χ3v) is 1.91. The summed E-state index contributed by atoms with van der Waals surface area (Å²) in [6.45, 7) is 0.331. The zero-order valence-corrected chi connectivity index (χ0v) is 9.65. The Bertz CT molecular complexity index is 391. The number of hydrogen-bond donors (Lipinski definition) is 0. The monoisotopic (exact) mass is 232 g/mol. The summed E-state index contributed by atoms with van der Waals surface area (Å²) in [6, 6.07) is 0.222. The molecule has 1 aromatic rings. The first-order valence-electron chi connectivity index (χ1n) is 4.36. The quantitative estimate of drug-likeness (QED) is 0.682. The number of anilines is 1. The molecule has 0 aliphatic carbocycles. The molecule has 0 N–H and O–H groups in total. The summed E-state index contributed by atoms with van der Waals surface area (Å²) in [4.78, 5) is 21.0. The van der Waals surface area contributed by atoms with Gasteiger partial charge in [-0.3, -0.25) is 0 Å². The molecule has 1 heterocycles. The van der Waals surface area contributed by atoms with E-state index in [-0.39, 0.29) is 6.01 Å². The van der Waals surface area contributed by atoms with Crippen molar-refractivity contribution in [2.45, 2.75) is 6.54 Å². The number of aromatic nitrogens is 3. The molecule has 0 spiro atoms. The second-order valence-corrected chi connectivity index (χ2v) is 3.41. The lowest BCUT2D eigenvalue weighted by Crippen LogP contribution is -2.29. The van der Waals surface area contributed by atoms with Gasteiger partial charge in [0.1, 0.15) is 0 Å². The molecule has 84 valence electrons. The fourth-order valence-corrected chi connectivity index (χ4v) is 1.20. The molecule has 0 aliphatic heterocycles. The summed E-state index contributed by atoms with van der Waals surface area (Å²) in [5.41, 5.74) is -0.411. The second-order valence-electron chi connectivity index (χ2n) is 3.03. The molecule has 0 aromatic carbocycles. The van der Waals surface area contributed by atoms with Crippen molar-refractivity contribution in [1.82, 2.24) is 14.5 Å². The van der Waals surface area contributed by atoms with Gasteiger partial charge in [0.15, 0.2) is 0 Å². The molecule has 1 aromatic heterocycles. The van der Waals surface area contributed by atoms with Crippen LogP contribution in [0.25, 0.3) is 0 Å². The van der Waals surface area contributed by atoms with Gasteiger partial charge in [-0.2, -0.15) is 9.97 Å². The van der Waals surface area contributed by atoms with Gasteiger partial charge < -0.3 is 9.64 Å². The van der Waals surface area contributed by atoms with E-state index < -0.39 is 5.69 Å². The molecule has 0 bridgehead atoms. The van der Waals surface area contributed by atoms with Crippen LogP contribution in [0.1, 0.15) is 0 Å². The van der Waals surface area contributed by atoms with Gasteiger partial charge in [-0.25, -0.2) is 9.36 Å². The van der Waals surface area contributed by atoms with Gasteiger partial charge in [0, 0.05) is 26.5 Å². The lowest BCUT2D eigenvalue weighted by molar-refractivity contribution is 0.345. The maximum atomic E-state index is 11.6. The van der Waals surface area contributed by atoms with Crippen molar-refractivity contribution in [1.29, 1.82) is 0 Å². The Hall–Kier alpha value is -1.30. The van der Waals surface area contributed by atoms with Crippen molar-refractivity contribution in [3.63, 3.8) is 0 Å². The van der Waals surface area contributed by atoms with Crippen LogP contribution in [0.15, 0.2) is 4.79 Å². The minimum atomic E-state index is -0.411. The first-order valence-corrected chi connectivity index (χ1v) is 4.89. The second kappa shape index (κ2) is 4.97. The largest absolute Gasteiger partial charge is 0.468 e. The molecule has 6 nitrogen and oxygen atoms in total. The molecule has 0 unspecified atom stereocenters. The van der Waals surface area contributed by atoms with Gasteiger partial charge in [0.2, 0.25) is 5.95 Å². The van der Waals surface area contributed by atoms with E-state index in [1.807, 2.05) is 0 Å². The van der Waals surface area contributed by atoms with Gasteiger partial charge >= 0.3 is 11.7 Å². The number of methoxy groups -OCH3 is 1. The first kappa shape index (κ1) is 11.8. The Labute approximate surface area is 92.5 Å². The van der Waals surface area contributed by atoms with Crippen molar-refractivity contribution >= 4 is 17.5 Å². The fraction of sp³-hybridized carbons (Fsp3) is 0.625. The highest BCUT2D eigenvalue weighted by atomic mass is 35.5. The van der Waals surface area contributed by atoms with Crippen LogP contribution in [-0.2, 0) is 6.54 Å². The fourth-order valence-electron chi connectivity index (χ4n) is 1.03. The van der Waals surface area contributed by atoms with E-state index in [1.165, 1.54) is 11.7 Å². The summed E-state index contributed by atoms with van der Waals surface area (Å²) in [7, 11) is 4.95. The number of alkyl halides is 1. The third-order valence-electron chi connectivity index (χ3n) is 1.74. The molecular formula is C8H13ClN4O2. The predicted molar refractivity (Wildman–Crippen MR) is 57.9 cm³/mol. The van der Waals surface area contributed by atoms with E-state index >= 15 is 0 Å². The van der Waals surface area contributed by atoms with Gasteiger partial charge in [0.05, 0.1) is 7.11 Å². The van der Waals surface area contributed by atoms with Crippen molar-refractivity contribution in [2.24, 2.45) is 0 Å². The predicted octanol–water partition coefficient (Wildman–Crippen LogP) is -0.0483. The van der Waals surface area contributed by atoms with Crippen molar-refractivity contribution in [3.05, 3.63) is 10.5 Å². The maximum Gasteiger partial charge on any atom is 0.354 e. The minimum absolute atomic E-state index is 0.222. The van der Waals surface area contributed by atoms with E-state index in [0.29, 0.717) is 18.4 Å². The smallest absolute Gasteiger partial charge is 0.354 e. The van der Waals surface area contributed by atoms with Crippen LogP contribution >= 0.6 is 11.6 Å². The van der Waals surface area contributed by atoms with Gasteiger partial charge in [-0.15, -0.1) is 11.6 Å². The Kier molecular flexibility index (Phi) is 3.90. The Morgan fingerprint density at radius 1 is 1.47 bits per heavy atom. The summed E-state index contributed by atoms with van der Waals surface area (Å²) < 4.78 is 6.29. The standard InChI is InChI=1S/C8H13ClN4O2/c1-12(2)6-10-7(14)13(5-4-9)8(11-6)15-3/h4-5H2,1-3H3. The molecule has 0 fully saturated rings. The SMILES string of the molecule is COc1nc(N(C)C)nc(=O)n1CCCl. The number of hydrogen-bond acceptors (Lipinski definition) is 5. The van der Waals surface area contributed by atoms with Gasteiger partial charge in [-0.05, 0) is 0 Å². The van der Waals surface area contributed by atoms with E-state index in [1.54, 1.807) is 19.0 Å². The van der Waals surface area contributed by atoms with Crippen LogP contribution in [0.2, 0.25) is 0 Å². The lowest BCUT2D eigenvalue weighted by Gasteiger charge is -2.13. The van der Waals surface area contributed by atoms with E-state index in [2.05, 4.69) is 9.97 Å². The lowest BCUT2D eigenvalue weighted by atomic mass is 10.7. The van der Waals surface area contributed by atoms with E-state index in [0.717, 1.165) is 0 Å². The average Bonchev–Trinajstić information content (AvgIpc) is 2.20. The Morgan fingerprint density at radius 2 is 2.13 bits per heavy atom. The van der Waals surface area contributed by atoms with Crippen LogP contribution < -0.4 is 15.3 Å². The van der Waals surface area contributed by atoms with Crippen LogP contribution in [-0.4, -0.2) is 41.6 Å². The molecule has 0 saturated heterocycles. The van der Waals surface area contributed by atoms with E-state index in [9.17, 15) is 4.79 Å². The molecule has 0 saturated carbocycles. The number of rotatable bonds is 4. The minimum Gasteiger partial charge on any atom is -0.468 e. The van der Waals surface area contributed by atoms with Crippen LogP contribution in [0, 0.1) is 0 Å². The topological polar surface area (TPSA) is 60.2 Å². The number of nitrogens with zero attached hydrogens (tertiary/aromatic N) is 4. The molecule has 0 amide bonds. The molecule has 1 rings (SSSR count). The number of ether oxygens (including phenoxy) is 1. The summed E-state index contributed by atoms with van der Waals surface area (Å²) in [5, 5.41) is 0. The highest BCUT2D eigenvalue weighted by Gasteiger charge is 2.10. The molecule has 7 heteroatoms. The zero-order valence-electron chi connectivity index (χ0n) is 8.90. The van der Waals surface area contributed by atoms with Crippen molar-refractivity contribution in [3.8, 4) is 6.01 Å². The molecule has 0 aliphatic rings. The first-order chi connectivity index (χ1) is 7.10. The highest BCUT2D eigenvalue weighted by Crippen LogP contribution is 2.07. The maximum absolute atomic E-state index is 11.6. The van der Waals surface area contributed by atoms with Gasteiger partial charge in [0.25, 0.3) is 0 Å². The molecule has 15 heavy (non-hydrogen) atoms. The Balaban J connectivity index is 3.24. The number of halogens is 1. The summed E-state index contributed by atoms with van der Waals surface area (Å²) in [5.74, 6) is 0.628. The molecule has 0 atom stereocenters. The molecular weight excluding hydrogens is 220 g/mol. The Morgan fingerprint density at radius 3 is 2.60 bits per heavy atom. The van der Waals surface area contributed by atoms with Crippen LogP contribution in [0.3, 0.4) is 0 Å². The van der Waals surface area contributed by atoms with Crippen LogP contribution in [0.5, 0.6) is 6.01 Å². The summed E-state index contributed by atoms with van der Waals surface area (Å²) in [6.07, 6.45) is 0. The zero-order chi connectivity index (χ0) is 11.4. The van der Waals surface area contributed by atoms with Crippen molar-refractivity contribution in [2.75, 3.05) is 32.0 Å². The average molecular weight is 233 g/mol. The highest BCUT2D eigenvalue weighted by molar-refractivity contribution is 6.17. The van der Waals surface area contributed by atoms with Crippen molar-refractivity contribution < 1.29 is 4.74 Å². The molecule has 0 radical (unpaired) electrons. The van der Waals surface area contributed by atoms with Crippen LogP contribution in [0.4, 0.5) is 5.95 Å². The van der Waals surface area contributed by atoms with Gasteiger partial charge in [-0.1, -0.05) is 0 Å². The normalized spacial score (nSPS) is 10.1. The summed E-state index contributed by atoms with van der Waals surface area (Å²) >= 11 is 5.56. The third kappa shape index (κ3) is 2.59.